The molecule has 2 aromatic carbocycles. The number of anilines is 1. The van der Waals surface area contributed by atoms with Crippen molar-refractivity contribution in [3.8, 4) is 0 Å². The first-order valence-electron chi connectivity index (χ1n) is 20.0. The monoisotopic (exact) mass is 848 g/mol. The third-order valence-corrected chi connectivity index (χ3v) is 8.11. The number of hydrogen-bond acceptors (Lipinski definition) is 11. The molecular weight excluding hydrogens is 789 g/mol. The lowest BCUT2D eigenvalue weighted by molar-refractivity contribution is -0.146. The highest BCUT2D eigenvalue weighted by Crippen LogP contribution is 2.17. The van der Waals surface area contributed by atoms with Crippen LogP contribution in [-0.4, -0.2) is 113 Å². The lowest BCUT2D eigenvalue weighted by Gasteiger charge is -2.26. The molecule has 18 nitrogen and oxygen atoms in total. The first-order chi connectivity index (χ1) is 28.5. The minimum Gasteiger partial charge on any atom is -0.444 e. The van der Waals surface area contributed by atoms with Gasteiger partial charge in [-0.15, -0.1) is 0 Å². The zero-order valence-corrected chi connectivity index (χ0v) is 36.4. The van der Waals surface area contributed by atoms with E-state index >= 15 is 0 Å². The van der Waals surface area contributed by atoms with Crippen LogP contribution in [0, 0.1) is 0 Å². The Kier molecular flexibility index (Phi) is 17.8. The van der Waals surface area contributed by atoms with Crippen molar-refractivity contribution in [1.29, 1.82) is 0 Å². The van der Waals surface area contributed by atoms with Crippen LogP contribution in [0.3, 0.4) is 0 Å². The average Bonchev–Trinajstić information content (AvgIpc) is 3.15. The number of aromatic nitrogens is 1. The molecule has 6 N–H and O–H groups in total. The molecule has 332 valence electrons. The third kappa shape index (κ3) is 19.0. The van der Waals surface area contributed by atoms with E-state index in [2.05, 4.69) is 36.9 Å². The van der Waals surface area contributed by atoms with Gasteiger partial charge in [0, 0.05) is 38.1 Å². The third-order valence-electron chi connectivity index (χ3n) is 8.11. The van der Waals surface area contributed by atoms with Gasteiger partial charge >= 0.3 is 30.1 Å². The van der Waals surface area contributed by atoms with E-state index in [0.29, 0.717) is 12.1 Å². The number of fused-ring (bicyclic) bond motifs is 1. The number of carbonyl (C=O) groups excluding carboxylic acids is 7. The maximum Gasteiger partial charge on any atom is 0.408 e. The number of hydrogen-bond donors (Lipinski definition) is 6. The summed E-state index contributed by atoms with van der Waals surface area (Å²) < 4.78 is 15.9. The first-order valence-corrected chi connectivity index (χ1v) is 20.0. The number of amides is 7. The van der Waals surface area contributed by atoms with E-state index in [9.17, 15) is 33.6 Å². The molecule has 0 spiro atoms. The zero-order valence-electron chi connectivity index (χ0n) is 36.4. The van der Waals surface area contributed by atoms with Crippen LogP contribution < -0.4 is 31.9 Å². The summed E-state index contributed by atoms with van der Waals surface area (Å²) in [7, 11) is 0. The Morgan fingerprint density at radius 1 is 0.639 bits per heavy atom. The van der Waals surface area contributed by atoms with Gasteiger partial charge in [0.05, 0.1) is 17.4 Å². The number of rotatable bonds is 16. The van der Waals surface area contributed by atoms with Gasteiger partial charge in [-0.1, -0.05) is 48.5 Å². The number of carbonyl (C=O) groups is 7. The van der Waals surface area contributed by atoms with Gasteiger partial charge in [-0.05, 0) is 92.9 Å². The molecule has 2 atom stereocenters. The second kappa shape index (κ2) is 22.2. The molecule has 0 saturated heterocycles. The summed E-state index contributed by atoms with van der Waals surface area (Å²) in [6.45, 7) is 13.8. The summed E-state index contributed by atoms with van der Waals surface area (Å²) in [6.07, 6.45) is -0.447. The fourth-order valence-electron chi connectivity index (χ4n) is 5.47. The van der Waals surface area contributed by atoms with Crippen molar-refractivity contribution in [2.45, 2.75) is 104 Å². The van der Waals surface area contributed by atoms with Gasteiger partial charge in [0.1, 0.15) is 28.9 Å². The smallest absolute Gasteiger partial charge is 0.408 e. The normalized spacial score (nSPS) is 12.5. The summed E-state index contributed by atoms with van der Waals surface area (Å²) in [5.74, 6) is -3.66. The number of para-hydroxylation sites is 1. The van der Waals surface area contributed by atoms with E-state index < -0.39 is 77.3 Å². The van der Waals surface area contributed by atoms with E-state index in [4.69, 9.17) is 14.2 Å². The number of alkyl carbamates (subject to hydrolysis) is 3. The summed E-state index contributed by atoms with van der Waals surface area (Å²) in [4.78, 5) is 97.7. The molecule has 1 heterocycles. The Labute approximate surface area is 356 Å². The number of nitrogens with one attached hydrogen (secondary N) is 6. The van der Waals surface area contributed by atoms with Crippen LogP contribution in [0.25, 0.3) is 10.9 Å². The van der Waals surface area contributed by atoms with Crippen molar-refractivity contribution < 1.29 is 47.8 Å². The summed E-state index contributed by atoms with van der Waals surface area (Å²) >= 11 is 0. The number of nitrogens with zero attached hydrogens (tertiary/aromatic N) is 2. The largest absolute Gasteiger partial charge is 0.444 e. The van der Waals surface area contributed by atoms with Gasteiger partial charge in [0.25, 0.3) is 0 Å². The van der Waals surface area contributed by atoms with Crippen molar-refractivity contribution in [3.63, 3.8) is 0 Å². The number of ether oxygens (including phenoxy) is 3. The van der Waals surface area contributed by atoms with Crippen molar-refractivity contribution >= 4 is 58.5 Å². The molecule has 61 heavy (non-hydrogen) atoms. The molecule has 18 heteroatoms. The lowest BCUT2D eigenvalue weighted by atomic mass is 10.0. The second-order valence-corrected chi connectivity index (χ2v) is 17.0. The molecule has 0 fully saturated rings. The highest BCUT2D eigenvalue weighted by molar-refractivity contribution is 6.35. The van der Waals surface area contributed by atoms with Gasteiger partial charge in [-0.2, -0.15) is 0 Å². The topological polar surface area (TPSA) is 235 Å². The van der Waals surface area contributed by atoms with Crippen LogP contribution in [0.1, 0.15) is 74.3 Å². The van der Waals surface area contributed by atoms with Crippen LogP contribution in [-0.2, 0) is 39.8 Å². The minimum atomic E-state index is -1.53. The van der Waals surface area contributed by atoms with Gasteiger partial charge in [0.2, 0.25) is 11.8 Å². The second-order valence-electron chi connectivity index (χ2n) is 17.0. The standard InChI is InChI=1S/C43H60N8O10/c1-41(2,3)59-38(56)44-21-23-51(24-22-45-39(57)60-42(4,5)6)37(55)36(54)47-27-33(50-40(58)61-43(7,8)9)35(53)49-32(20-19-28-15-11-10-12-16-28)34(52)48-30-25-29-17-13-14-18-31(29)46-26-30/h10-18,25-26,32-33H,19-24,27H2,1-9H3,(H,44,56)(H,45,57)(H,47,54)(H,48,52)(H,49,53)(H,50,58). The predicted molar refractivity (Wildman–Crippen MR) is 228 cm³/mol. The minimum absolute atomic E-state index is 0.118. The SMILES string of the molecule is CC(C)(C)OC(=O)NCCN(CCNC(=O)OC(C)(C)C)C(=O)C(=O)NCC(NC(=O)OC(C)(C)C)C(=O)NC(CCc1ccccc1)C(=O)Nc1cnc2ccccc2c1. The van der Waals surface area contributed by atoms with E-state index in [1.165, 1.54) is 6.20 Å². The van der Waals surface area contributed by atoms with Crippen molar-refractivity contribution in [2.75, 3.05) is 38.0 Å². The van der Waals surface area contributed by atoms with Crippen LogP contribution in [0.2, 0.25) is 0 Å². The number of aryl methyl sites for hydroxylation is 1. The van der Waals surface area contributed by atoms with E-state index in [1.807, 2.05) is 54.6 Å². The van der Waals surface area contributed by atoms with Crippen LogP contribution >= 0.6 is 0 Å². The Hall–Kier alpha value is -6.46. The molecule has 0 bridgehead atoms. The van der Waals surface area contributed by atoms with Gasteiger partial charge in [-0.3, -0.25) is 24.2 Å². The predicted octanol–water partition coefficient (Wildman–Crippen LogP) is 4.18. The lowest BCUT2D eigenvalue weighted by Crippen LogP contribution is -2.58. The molecule has 7 amide bonds. The maximum atomic E-state index is 14.0. The fraction of sp³-hybridized carbons (Fsp3) is 0.488. The van der Waals surface area contributed by atoms with Crippen molar-refractivity contribution in [2.24, 2.45) is 0 Å². The Morgan fingerprint density at radius 3 is 1.75 bits per heavy atom. The Bertz CT molecular complexity index is 1960. The average molecular weight is 849 g/mol. The number of benzene rings is 2. The van der Waals surface area contributed by atoms with E-state index in [-0.39, 0.29) is 32.6 Å². The van der Waals surface area contributed by atoms with Crippen LogP contribution in [0.4, 0.5) is 20.1 Å². The summed E-state index contributed by atoms with van der Waals surface area (Å²) in [5.41, 5.74) is -0.505. The molecule has 0 saturated carbocycles. The Morgan fingerprint density at radius 2 is 1.18 bits per heavy atom. The van der Waals surface area contributed by atoms with E-state index in [1.54, 1.807) is 68.4 Å². The fourth-order valence-corrected chi connectivity index (χ4v) is 5.47. The van der Waals surface area contributed by atoms with Crippen LogP contribution in [0.5, 0.6) is 0 Å². The van der Waals surface area contributed by atoms with E-state index in [0.717, 1.165) is 21.4 Å². The molecule has 2 unspecified atom stereocenters. The molecule has 0 aliphatic rings. The van der Waals surface area contributed by atoms with Gasteiger partial charge in [-0.25, -0.2) is 14.4 Å². The molecule has 3 aromatic rings. The molecule has 0 aliphatic heterocycles. The number of pyridine rings is 1. The highest BCUT2D eigenvalue weighted by atomic mass is 16.6. The molecule has 3 rings (SSSR count). The quantitative estimate of drug-likeness (QED) is 0.0884. The van der Waals surface area contributed by atoms with Crippen molar-refractivity contribution in [1.82, 2.24) is 36.5 Å². The maximum absolute atomic E-state index is 14.0. The van der Waals surface area contributed by atoms with Gasteiger partial charge < -0.3 is 51.0 Å². The van der Waals surface area contributed by atoms with Crippen LogP contribution in [0.15, 0.2) is 66.9 Å². The molecule has 0 aliphatic carbocycles. The van der Waals surface area contributed by atoms with Crippen molar-refractivity contribution in [3.05, 3.63) is 72.4 Å². The molecule has 1 aromatic heterocycles. The molecular formula is C43H60N8O10. The summed E-state index contributed by atoms with van der Waals surface area (Å²) in [6, 6.07) is 15.8. The Balaban J connectivity index is 1.80. The summed E-state index contributed by atoms with van der Waals surface area (Å²) in [5, 5.41) is 16.2. The highest BCUT2D eigenvalue weighted by Gasteiger charge is 2.31. The van der Waals surface area contributed by atoms with Gasteiger partial charge in [0.15, 0.2) is 0 Å². The first kappa shape index (κ1) is 48.9. The zero-order chi connectivity index (χ0) is 45.4. The molecule has 0 radical (unpaired) electrons.